The quantitative estimate of drug-likeness (QED) is 0.387. The van der Waals surface area contributed by atoms with Crippen molar-refractivity contribution in [1.29, 1.82) is 0 Å². The number of hydrogen-bond acceptors (Lipinski definition) is 2. The molecule has 156 valence electrons. The lowest BCUT2D eigenvalue weighted by molar-refractivity contribution is 0.0935. The Balaban J connectivity index is 1.65. The molecule has 0 aliphatic carbocycles. The van der Waals surface area contributed by atoms with Crippen LogP contribution in [-0.4, -0.2) is 5.91 Å². The van der Waals surface area contributed by atoms with Gasteiger partial charge in [0.2, 0.25) is 0 Å². The minimum Gasteiger partial charge on any atom is -0.489 e. The smallest absolute Gasteiger partial charge is 0.251 e. The number of halogens is 1. The summed E-state index contributed by atoms with van der Waals surface area (Å²) in [6, 6.07) is 23.8. The Kier molecular flexibility index (Phi) is 7.69. The molecule has 0 bridgehead atoms. The Morgan fingerprint density at radius 2 is 1.63 bits per heavy atom. The fourth-order valence-electron chi connectivity index (χ4n) is 3.28. The van der Waals surface area contributed by atoms with Crippen LogP contribution in [0.1, 0.15) is 66.2 Å². The third-order valence-corrected chi connectivity index (χ3v) is 5.66. The van der Waals surface area contributed by atoms with Crippen molar-refractivity contribution in [3.8, 4) is 5.75 Å². The number of ether oxygens (including phenoxy) is 1. The van der Waals surface area contributed by atoms with E-state index in [0.29, 0.717) is 18.1 Å². The topological polar surface area (TPSA) is 38.3 Å². The van der Waals surface area contributed by atoms with Crippen LogP contribution in [0.5, 0.6) is 5.75 Å². The molecule has 0 aliphatic heterocycles. The molecule has 0 spiro atoms. The first-order valence-corrected chi connectivity index (χ1v) is 11.1. The second-order valence-corrected chi connectivity index (χ2v) is 8.61. The lowest BCUT2D eigenvalue weighted by atomic mass is 9.98. The van der Waals surface area contributed by atoms with Crippen LogP contribution in [0.2, 0.25) is 0 Å². The molecule has 3 nitrogen and oxygen atoms in total. The third-order valence-electron chi connectivity index (χ3n) is 5.13. The van der Waals surface area contributed by atoms with E-state index in [4.69, 9.17) is 4.74 Å². The maximum absolute atomic E-state index is 12.9. The molecule has 4 heteroatoms. The summed E-state index contributed by atoms with van der Waals surface area (Å²) in [5, 5.41) is 3.17. The molecule has 0 fully saturated rings. The van der Waals surface area contributed by atoms with Crippen LogP contribution < -0.4 is 10.1 Å². The molecular formula is C26H28BrNO2. The van der Waals surface area contributed by atoms with Crippen molar-refractivity contribution < 1.29 is 9.53 Å². The third kappa shape index (κ3) is 5.96. The Bertz CT molecular complexity index is 965. The highest BCUT2D eigenvalue weighted by Gasteiger charge is 2.15. The zero-order valence-corrected chi connectivity index (χ0v) is 19.3. The lowest BCUT2D eigenvalue weighted by Crippen LogP contribution is -2.28. The molecule has 1 atom stereocenters. The van der Waals surface area contributed by atoms with Gasteiger partial charge in [-0.25, -0.2) is 0 Å². The summed E-state index contributed by atoms with van der Waals surface area (Å²) in [6.45, 7) is 6.86. The molecule has 0 saturated heterocycles. The zero-order valence-electron chi connectivity index (χ0n) is 17.7. The van der Waals surface area contributed by atoms with Crippen molar-refractivity contribution in [2.45, 2.75) is 45.8 Å². The van der Waals surface area contributed by atoms with Gasteiger partial charge in [-0.2, -0.15) is 0 Å². The second-order valence-electron chi connectivity index (χ2n) is 7.70. The molecule has 0 aliphatic rings. The SMILES string of the molecule is CC[C@@H](NC(=O)c1cccc(COc2ccc(Br)cc2)c1)c1ccc(C(C)C)cc1. The molecule has 30 heavy (non-hydrogen) atoms. The van der Waals surface area contributed by atoms with Gasteiger partial charge >= 0.3 is 0 Å². The maximum atomic E-state index is 12.9. The molecule has 0 heterocycles. The Morgan fingerprint density at radius 1 is 0.967 bits per heavy atom. The van der Waals surface area contributed by atoms with E-state index in [-0.39, 0.29) is 11.9 Å². The highest BCUT2D eigenvalue weighted by atomic mass is 79.9. The van der Waals surface area contributed by atoms with Crippen LogP contribution in [0, 0.1) is 0 Å². The molecule has 0 radical (unpaired) electrons. The zero-order chi connectivity index (χ0) is 21.5. The van der Waals surface area contributed by atoms with Crippen molar-refractivity contribution in [1.82, 2.24) is 5.32 Å². The van der Waals surface area contributed by atoms with Crippen LogP contribution in [0.4, 0.5) is 0 Å². The van der Waals surface area contributed by atoms with Gasteiger partial charge in [0.05, 0.1) is 6.04 Å². The normalized spacial score (nSPS) is 11.9. The first kappa shape index (κ1) is 22.1. The number of hydrogen-bond donors (Lipinski definition) is 1. The number of carbonyl (C=O) groups excluding carboxylic acids is 1. The Labute approximate surface area is 187 Å². The van der Waals surface area contributed by atoms with E-state index >= 15 is 0 Å². The van der Waals surface area contributed by atoms with Gasteiger partial charge in [0.25, 0.3) is 5.91 Å². The molecule has 0 saturated carbocycles. The molecular weight excluding hydrogens is 438 g/mol. The van der Waals surface area contributed by atoms with E-state index in [1.54, 1.807) is 0 Å². The Hall–Kier alpha value is -2.59. The minimum absolute atomic E-state index is 0.0126. The number of benzene rings is 3. The first-order chi connectivity index (χ1) is 14.5. The van der Waals surface area contributed by atoms with Gasteiger partial charge in [-0.15, -0.1) is 0 Å². The van der Waals surface area contributed by atoms with Crippen LogP contribution >= 0.6 is 15.9 Å². The number of nitrogens with one attached hydrogen (secondary N) is 1. The monoisotopic (exact) mass is 465 g/mol. The van der Waals surface area contributed by atoms with Crippen molar-refractivity contribution in [2.75, 3.05) is 0 Å². The van der Waals surface area contributed by atoms with Gasteiger partial charge in [-0.3, -0.25) is 4.79 Å². The summed E-state index contributed by atoms with van der Waals surface area (Å²) >= 11 is 3.42. The summed E-state index contributed by atoms with van der Waals surface area (Å²) < 4.78 is 6.84. The van der Waals surface area contributed by atoms with E-state index in [9.17, 15) is 4.79 Å². The summed E-state index contributed by atoms with van der Waals surface area (Å²) in [7, 11) is 0. The fourth-order valence-corrected chi connectivity index (χ4v) is 3.54. The molecule has 1 N–H and O–H groups in total. The van der Waals surface area contributed by atoms with Crippen LogP contribution in [0.3, 0.4) is 0 Å². The van der Waals surface area contributed by atoms with Crippen molar-refractivity contribution in [3.63, 3.8) is 0 Å². The van der Waals surface area contributed by atoms with Gasteiger partial charge in [0.15, 0.2) is 0 Å². The van der Waals surface area contributed by atoms with E-state index in [0.717, 1.165) is 27.8 Å². The van der Waals surface area contributed by atoms with Gasteiger partial charge in [0, 0.05) is 10.0 Å². The van der Waals surface area contributed by atoms with E-state index in [2.05, 4.69) is 66.3 Å². The summed E-state index contributed by atoms with van der Waals surface area (Å²) in [5.41, 5.74) is 4.03. The van der Waals surface area contributed by atoms with Gasteiger partial charge < -0.3 is 10.1 Å². The average Bonchev–Trinajstić information content (AvgIpc) is 2.77. The summed E-state index contributed by atoms with van der Waals surface area (Å²) in [6.07, 6.45) is 0.832. The standard InChI is InChI=1S/C26H28BrNO2/c1-4-25(21-10-8-20(9-11-21)18(2)3)28-26(29)22-7-5-6-19(16-22)17-30-24-14-12-23(27)13-15-24/h5-16,18,25H,4,17H2,1-3H3,(H,28,29)/t25-/m1/s1. The minimum atomic E-state index is -0.0692. The van der Waals surface area contributed by atoms with E-state index in [1.807, 2.05) is 48.5 Å². The van der Waals surface area contributed by atoms with Crippen molar-refractivity contribution in [3.05, 3.63) is 99.5 Å². The summed E-state index contributed by atoms with van der Waals surface area (Å²) in [4.78, 5) is 12.9. The van der Waals surface area contributed by atoms with Gasteiger partial charge in [-0.05, 0) is 65.4 Å². The molecule has 0 unspecified atom stereocenters. The Morgan fingerprint density at radius 3 is 2.27 bits per heavy atom. The second kappa shape index (κ2) is 10.4. The lowest BCUT2D eigenvalue weighted by Gasteiger charge is -2.19. The number of amides is 1. The molecule has 0 aromatic heterocycles. The molecule has 3 aromatic carbocycles. The summed E-state index contributed by atoms with van der Waals surface area (Å²) in [5.74, 6) is 1.22. The predicted molar refractivity (Wildman–Crippen MR) is 126 cm³/mol. The predicted octanol–water partition coefficient (Wildman–Crippen LogP) is 7.03. The molecule has 3 rings (SSSR count). The van der Waals surface area contributed by atoms with Gasteiger partial charge in [-0.1, -0.05) is 73.1 Å². The first-order valence-electron chi connectivity index (χ1n) is 10.3. The van der Waals surface area contributed by atoms with Crippen LogP contribution in [0.15, 0.2) is 77.3 Å². The van der Waals surface area contributed by atoms with E-state index in [1.165, 1.54) is 5.56 Å². The van der Waals surface area contributed by atoms with Crippen molar-refractivity contribution >= 4 is 21.8 Å². The van der Waals surface area contributed by atoms with Crippen LogP contribution in [-0.2, 0) is 6.61 Å². The highest BCUT2D eigenvalue weighted by molar-refractivity contribution is 9.10. The van der Waals surface area contributed by atoms with Crippen LogP contribution in [0.25, 0.3) is 0 Å². The largest absolute Gasteiger partial charge is 0.489 e. The average molecular weight is 466 g/mol. The number of carbonyl (C=O) groups is 1. The van der Waals surface area contributed by atoms with Crippen molar-refractivity contribution in [2.24, 2.45) is 0 Å². The maximum Gasteiger partial charge on any atom is 0.251 e. The molecule has 1 amide bonds. The number of rotatable bonds is 8. The van der Waals surface area contributed by atoms with E-state index < -0.39 is 0 Å². The molecule has 3 aromatic rings. The highest BCUT2D eigenvalue weighted by Crippen LogP contribution is 2.22. The van der Waals surface area contributed by atoms with Gasteiger partial charge in [0.1, 0.15) is 12.4 Å². The fraction of sp³-hybridized carbons (Fsp3) is 0.269.